The third-order valence-electron chi connectivity index (χ3n) is 5.66. The first-order valence-electron chi connectivity index (χ1n) is 10.8. The molecule has 1 aliphatic heterocycles. The fourth-order valence-electron chi connectivity index (χ4n) is 3.95. The number of hydrogen-bond acceptors (Lipinski definition) is 5. The molecule has 0 spiro atoms. The maximum atomic E-state index is 6.17. The Morgan fingerprint density at radius 3 is 2.52 bits per heavy atom. The molecular weight excluding hydrogens is 392 g/mol. The molecule has 0 saturated carbocycles. The van der Waals surface area contributed by atoms with Crippen LogP contribution in [-0.2, 0) is 6.42 Å². The minimum atomic E-state index is 0.198. The lowest BCUT2D eigenvalue weighted by Crippen LogP contribution is -2.35. The van der Waals surface area contributed by atoms with Gasteiger partial charge in [-0.2, -0.15) is 0 Å². The molecule has 1 heterocycles. The van der Waals surface area contributed by atoms with E-state index in [1.165, 1.54) is 18.4 Å². The summed E-state index contributed by atoms with van der Waals surface area (Å²) in [6.45, 7) is 3.48. The summed E-state index contributed by atoms with van der Waals surface area (Å²) in [4.78, 5) is 7.13. The molecule has 7 heteroatoms. The molecule has 0 radical (unpaired) electrons. The average molecular weight is 427 g/mol. The van der Waals surface area contributed by atoms with Gasteiger partial charge in [0, 0.05) is 6.54 Å². The molecule has 0 aromatic heterocycles. The molecule has 2 aromatic rings. The molecule has 0 bridgehead atoms. The molecule has 3 N–H and O–H groups in total. The number of aliphatic imine (C=N–C) groups is 1. The first-order chi connectivity index (χ1) is 15.1. The van der Waals surface area contributed by atoms with E-state index in [0.717, 1.165) is 42.3 Å². The highest BCUT2D eigenvalue weighted by atomic mass is 16.5. The largest absolute Gasteiger partial charge is 0.497 e. The third-order valence-corrected chi connectivity index (χ3v) is 5.66. The van der Waals surface area contributed by atoms with E-state index in [0.29, 0.717) is 19.0 Å². The van der Waals surface area contributed by atoms with Crippen LogP contribution in [0.1, 0.15) is 30.0 Å². The molecule has 3 rings (SSSR count). The second-order valence-corrected chi connectivity index (χ2v) is 7.63. The predicted molar refractivity (Wildman–Crippen MR) is 124 cm³/mol. The van der Waals surface area contributed by atoms with Crippen molar-refractivity contribution in [3.63, 3.8) is 0 Å². The number of nitrogens with two attached hydrogens (primary N) is 1. The van der Waals surface area contributed by atoms with Gasteiger partial charge in [-0.1, -0.05) is 18.2 Å². The van der Waals surface area contributed by atoms with Crippen molar-refractivity contribution >= 4 is 5.96 Å². The van der Waals surface area contributed by atoms with E-state index in [-0.39, 0.29) is 6.04 Å². The summed E-state index contributed by atoms with van der Waals surface area (Å²) in [7, 11) is 4.98. The average Bonchev–Trinajstić information content (AvgIpc) is 3.34. The number of nitrogens with one attached hydrogen (secondary N) is 1. The Bertz CT molecular complexity index is 866. The first-order valence-corrected chi connectivity index (χ1v) is 10.8. The van der Waals surface area contributed by atoms with Crippen molar-refractivity contribution in [1.29, 1.82) is 0 Å². The highest BCUT2D eigenvalue weighted by Crippen LogP contribution is 2.28. The smallest absolute Gasteiger partial charge is 0.188 e. The second kappa shape index (κ2) is 11.5. The van der Waals surface area contributed by atoms with Gasteiger partial charge < -0.3 is 25.3 Å². The van der Waals surface area contributed by atoms with Gasteiger partial charge in [0.05, 0.1) is 33.9 Å². The van der Waals surface area contributed by atoms with Gasteiger partial charge in [0.25, 0.3) is 0 Å². The SMILES string of the molecule is COc1cccc(C(CN=C(N)NCCc2ccc(OC)c(OC)c2)N2CCCC2)c1. The third kappa shape index (κ3) is 6.28. The molecule has 1 aliphatic rings. The molecule has 1 saturated heterocycles. The zero-order valence-corrected chi connectivity index (χ0v) is 18.8. The Kier molecular flexibility index (Phi) is 8.41. The molecule has 1 unspecified atom stereocenters. The van der Waals surface area contributed by atoms with Gasteiger partial charge in [-0.3, -0.25) is 9.89 Å². The van der Waals surface area contributed by atoms with Crippen molar-refractivity contribution in [1.82, 2.24) is 10.2 Å². The number of guanidine groups is 1. The van der Waals surface area contributed by atoms with Gasteiger partial charge in [-0.05, 0) is 67.7 Å². The van der Waals surface area contributed by atoms with Crippen LogP contribution < -0.4 is 25.3 Å². The fourth-order valence-corrected chi connectivity index (χ4v) is 3.95. The van der Waals surface area contributed by atoms with Crippen LogP contribution in [0, 0.1) is 0 Å². The summed E-state index contributed by atoms with van der Waals surface area (Å²) in [5.41, 5.74) is 8.53. The monoisotopic (exact) mass is 426 g/mol. The molecule has 0 amide bonds. The molecule has 168 valence electrons. The first kappa shape index (κ1) is 22.7. The van der Waals surface area contributed by atoms with Gasteiger partial charge in [-0.25, -0.2) is 0 Å². The van der Waals surface area contributed by atoms with Gasteiger partial charge in [0.1, 0.15) is 5.75 Å². The molecule has 1 atom stereocenters. The summed E-state index contributed by atoms with van der Waals surface area (Å²) >= 11 is 0. The van der Waals surface area contributed by atoms with E-state index in [4.69, 9.17) is 19.9 Å². The van der Waals surface area contributed by atoms with E-state index >= 15 is 0 Å². The van der Waals surface area contributed by atoms with Crippen molar-refractivity contribution < 1.29 is 14.2 Å². The topological polar surface area (TPSA) is 81.3 Å². The van der Waals surface area contributed by atoms with Gasteiger partial charge in [0.15, 0.2) is 17.5 Å². The van der Waals surface area contributed by atoms with E-state index in [2.05, 4.69) is 27.3 Å². The summed E-state index contributed by atoms with van der Waals surface area (Å²) < 4.78 is 16.1. The quantitative estimate of drug-likeness (QED) is 0.449. The van der Waals surface area contributed by atoms with Crippen LogP contribution >= 0.6 is 0 Å². The van der Waals surface area contributed by atoms with Crippen molar-refractivity contribution in [2.75, 3.05) is 47.5 Å². The van der Waals surface area contributed by atoms with Crippen LogP contribution in [0.15, 0.2) is 47.5 Å². The Morgan fingerprint density at radius 1 is 1.03 bits per heavy atom. The van der Waals surface area contributed by atoms with E-state index in [1.807, 2.05) is 30.3 Å². The van der Waals surface area contributed by atoms with Crippen LogP contribution in [0.5, 0.6) is 17.2 Å². The lowest BCUT2D eigenvalue weighted by molar-refractivity contribution is 0.251. The number of rotatable bonds is 10. The van der Waals surface area contributed by atoms with E-state index in [9.17, 15) is 0 Å². The normalized spacial score (nSPS) is 15.5. The summed E-state index contributed by atoms with van der Waals surface area (Å²) in [5.74, 6) is 2.79. The number of hydrogen-bond donors (Lipinski definition) is 2. The molecule has 0 aliphatic carbocycles. The Balaban J connectivity index is 1.59. The maximum Gasteiger partial charge on any atom is 0.188 e. The molecular formula is C24H34N4O3. The molecule has 1 fully saturated rings. The number of nitrogens with zero attached hydrogens (tertiary/aromatic N) is 2. The number of ether oxygens (including phenoxy) is 3. The maximum absolute atomic E-state index is 6.17. The van der Waals surface area contributed by atoms with Crippen molar-refractivity contribution in [2.24, 2.45) is 10.7 Å². The van der Waals surface area contributed by atoms with Crippen molar-refractivity contribution in [2.45, 2.75) is 25.3 Å². The van der Waals surface area contributed by atoms with Gasteiger partial charge in [-0.15, -0.1) is 0 Å². The minimum Gasteiger partial charge on any atom is -0.497 e. The van der Waals surface area contributed by atoms with Gasteiger partial charge >= 0.3 is 0 Å². The zero-order chi connectivity index (χ0) is 22.1. The number of methoxy groups -OCH3 is 3. The predicted octanol–water partition coefficient (Wildman–Crippen LogP) is 3.00. The summed E-state index contributed by atoms with van der Waals surface area (Å²) in [6.07, 6.45) is 3.26. The molecule has 2 aromatic carbocycles. The van der Waals surface area contributed by atoms with E-state index < -0.39 is 0 Å². The fraction of sp³-hybridized carbons (Fsp3) is 0.458. The summed E-state index contributed by atoms with van der Waals surface area (Å²) in [6, 6.07) is 14.4. The highest BCUT2D eigenvalue weighted by Gasteiger charge is 2.23. The lowest BCUT2D eigenvalue weighted by atomic mass is 10.1. The Hall–Kier alpha value is -2.93. The second-order valence-electron chi connectivity index (χ2n) is 7.63. The molecule has 7 nitrogen and oxygen atoms in total. The number of benzene rings is 2. The highest BCUT2D eigenvalue weighted by molar-refractivity contribution is 5.77. The Labute approximate surface area is 185 Å². The van der Waals surface area contributed by atoms with Crippen LogP contribution in [0.25, 0.3) is 0 Å². The zero-order valence-electron chi connectivity index (χ0n) is 18.8. The Morgan fingerprint density at radius 2 is 1.81 bits per heavy atom. The number of likely N-dealkylation sites (tertiary alicyclic amines) is 1. The lowest BCUT2D eigenvalue weighted by Gasteiger charge is -2.27. The van der Waals surface area contributed by atoms with Crippen LogP contribution in [0.2, 0.25) is 0 Å². The minimum absolute atomic E-state index is 0.198. The van der Waals surface area contributed by atoms with Crippen molar-refractivity contribution in [3.8, 4) is 17.2 Å². The van der Waals surface area contributed by atoms with Crippen molar-refractivity contribution in [3.05, 3.63) is 53.6 Å². The summed E-state index contributed by atoms with van der Waals surface area (Å²) in [5, 5.41) is 3.23. The standard InChI is InChI=1S/C24H34N4O3/c1-29-20-8-6-7-19(16-20)21(28-13-4-5-14-28)17-27-24(25)26-12-11-18-9-10-22(30-2)23(15-18)31-3/h6-10,15-16,21H,4-5,11-14,17H2,1-3H3,(H3,25,26,27). The van der Waals surface area contributed by atoms with Gasteiger partial charge in [0.2, 0.25) is 0 Å². The van der Waals surface area contributed by atoms with E-state index in [1.54, 1.807) is 21.3 Å². The van der Waals surface area contributed by atoms with Crippen LogP contribution in [0.3, 0.4) is 0 Å². The van der Waals surface area contributed by atoms with Crippen LogP contribution in [0.4, 0.5) is 0 Å². The molecule has 31 heavy (non-hydrogen) atoms. The van der Waals surface area contributed by atoms with Crippen LogP contribution in [-0.4, -0.2) is 58.4 Å².